The first-order chi connectivity index (χ1) is 15.2. The van der Waals surface area contributed by atoms with Crippen LogP contribution in [0, 0.1) is 35.3 Å². The number of ketones is 1. The van der Waals surface area contributed by atoms with Crippen molar-refractivity contribution in [2.75, 3.05) is 5.32 Å². The van der Waals surface area contributed by atoms with Crippen LogP contribution in [0.3, 0.4) is 0 Å². The molecule has 2 amide bonds. The van der Waals surface area contributed by atoms with Gasteiger partial charge in [-0.1, -0.05) is 0 Å². The fourth-order valence-electron chi connectivity index (χ4n) is 5.53. The highest BCUT2D eigenvalue weighted by molar-refractivity contribution is 6.44. The number of carbonyl (C=O) groups is 3. The molecule has 3 saturated carbocycles. The molecule has 0 spiro atoms. The van der Waals surface area contributed by atoms with Crippen molar-refractivity contribution in [3.05, 3.63) is 52.3 Å². The second kappa shape index (κ2) is 6.73. The zero-order valence-electron chi connectivity index (χ0n) is 17.3. The second-order valence-electron chi connectivity index (χ2n) is 9.12. The molecule has 3 fully saturated rings. The summed E-state index contributed by atoms with van der Waals surface area (Å²) in [4.78, 5) is 38.8. The Morgan fingerprint density at radius 1 is 1.16 bits per heavy atom. The molecule has 1 aromatic carbocycles. The highest BCUT2D eigenvalue weighted by atomic mass is 19.2. The summed E-state index contributed by atoms with van der Waals surface area (Å²) < 4.78 is 28.4. The molecule has 2 heterocycles. The number of aromatic nitrogens is 1. The number of carbonyl (C=O) groups excluding carboxylic acids is 3. The van der Waals surface area contributed by atoms with Gasteiger partial charge in [0.1, 0.15) is 5.69 Å². The maximum Gasteiger partial charge on any atom is 0.292 e. The minimum Gasteiger partial charge on any atom is -0.344 e. The molecule has 9 heteroatoms. The van der Waals surface area contributed by atoms with E-state index in [1.165, 1.54) is 6.07 Å². The van der Waals surface area contributed by atoms with Gasteiger partial charge in [-0.2, -0.15) is 5.26 Å². The normalized spacial score (nSPS) is 24.6. The molecule has 2 bridgehead atoms. The molecule has 0 saturated heterocycles. The highest BCUT2D eigenvalue weighted by Gasteiger charge is 2.69. The van der Waals surface area contributed by atoms with Gasteiger partial charge in [0, 0.05) is 29.5 Å². The molecular weight excluding hydrogens is 418 g/mol. The van der Waals surface area contributed by atoms with E-state index in [1.54, 1.807) is 11.5 Å². The summed E-state index contributed by atoms with van der Waals surface area (Å²) in [7, 11) is 0. The fourth-order valence-corrected chi connectivity index (χ4v) is 5.53. The summed E-state index contributed by atoms with van der Waals surface area (Å²) >= 11 is 0. The van der Waals surface area contributed by atoms with Gasteiger partial charge in [-0.05, 0) is 56.7 Å². The van der Waals surface area contributed by atoms with Crippen LogP contribution in [0.25, 0.3) is 0 Å². The molecule has 4 aliphatic rings. The van der Waals surface area contributed by atoms with Gasteiger partial charge >= 0.3 is 0 Å². The SMILES string of the molecule is Cc1c(C(=O)C(=O)NC23CC(C#N)(C2)C3)c2n(c1C(=O)Nc1ccc(F)c(F)c1)CCC2. The van der Waals surface area contributed by atoms with Gasteiger partial charge < -0.3 is 15.2 Å². The van der Waals surface area contributed by atoms with Crippen LogP contribution in [0.2, 0.25) is 0 Å². The van der Waals surface area contributed by atoms with Crippen molar-refractivity contribution in [3.8, 4) is 6.07 Å². The third-order valence-corrected chi connectivity index (χ3v) is 6.88. The highest BCUT2D eigenvalue weighted by Crippen LogP contribution is 2.66. The predicted octanol–water partition coefficient (Wildman–Crippen LogP) is 3.02. The van der Waals surface area contributed by atoms with E-state index < -0.39 is 34.8 Å². The molecular formula is C23H20F2N4O3. The van der Waals surface area contributed by atoms with Crippen molar-refractivity contribution in [2.24, 2.45) is 5.41 Å². The summed E-state index contributed by atoms with van der Waals surface area (Å²) in [6.45, 7) is 2.12. The van der Waals surface area contributed by atoms with Crippen LogP contribution < -0.4 is 10.6 Å². The fraction of sp³-hybridized carbons (Fsp3) is 0.391. The lowest BCUT2D eigenvalue weighted by Crippen LogP contribution is -2.74. The van der Waals surface area contributed by atoms with Crippen LogP contribution in [-0.2, 0) is 17.8 Å². The van der Waals surface area contributed by atoms with Gasteiger partial charge in [-0.15, -0.1) is 0 Å². The molecule has 0 unspecified atom stereocenters. The number of nitrogens with zero attached hydrogens (tertiary/aromatic N) is 2. The van der Waals surface area contributed by atoms with Gasteiger partial charge in [0.2, 0.25) is 0 Å². The van der Waals surface area contributed by atoms with Crippen molar-refractivity contribution >= 4 is 23.3 Å². The quantitative estimate of drug-likeness (QED) is 0.553. The van der Waals surface area contributed by atoms with Crippen molar-refractivity contribution in [3.63, 3.8) is 0 Å². The minimum absolute atomic E-state index is 0.0857. The number of nitriles is 1. The van der Waals surface area contributed by atoms with E-state index in [4.69, 9.17) is 5.26 Å². The Morgan fingerprint density at radius 2 is 1.88 bits per heavy atom. The zero-order chi connectivity index (χ0) is 22.8. The second-order valence-corrected chi connectivity index (χ2v) is 9.12. The molecule has 2 aromatic rings. The number of nitrogens with one attached hydrogen (secondary N) is 2. The first kappa shape index (κ1) is 20.4. The van der Waals surface area contributed by atoms with Crippen LogP contribution in [0.5, 0.6) is 0 Å². The van der Waals surface area contributed by atoms with Gasteiger partial charge in [0.25, 0.3) is 17.6 Å². The average molecular weight is 438 g/mol. The number of halogens is 2. The Labute approximate surface area is 182 Å². The van der Waals surface area contributed by atoms with Crippen LogP contribution in [0.15, 0.2) is 18.2 Å². The summed E-state index contributed by atoms with van der Waals surface area (Å²) in [6.07, 6.45) is 2.95. The van der Waals surface area contributed by atoms with Crippen molar-refractivity contribution in [2.45, 2.75) is 51.1 Å². The molecule has 1 aromatic heterocycles. The van der Waals surface area contributed by atoms with E-state index in [9.17, 15) is 23.2 Å². The van der Waals surface area contributed by atoms with E-state index >= 15 is 0 Å². The molecule has 32 heavy (non-hydrogen) atoms. The van der Waals surface area contributed by atoms with E-state index in [2.05, 4.69) is 16.7 Å². The Morgan fingerprint density at radius 3 is 2.53 bits per heavy atom. The maximum absolute atomic E-state index is 13.5. The number of fused-ring (bicyclic) bond motifs is 1. The minimum atomic E-state index is -1.08. The van der Waals surface area contributed by atoms with Crippen LogP contribution in [-0.4, -0.2) is 27.7 Å². The molecule has 3 aliphatic carbocycles. The Balaban J connectivity index is 1.40. The number of hydrogen-bond donors (Lipinski definition) is 2. The lowest BCUT2D eigenvalue weighted by molar-refractivity contribution is -0.140. The van der Waals surface area contributed by atoms with Crippen molar-refractivity contribution < 1.29 is 23.2 Å². The first-order valence-electron chi connectivity index (χ1n) is 10.4. The number of hydrogen-bond acceptors (Lipinski definition) is 4. The smallest absolute Gasteiger partial charge is 0.292 e. The lowest BCUT2D eigenvalue weighted by atomic mass is 9.40. The molecule has 0 radical (unpaired) electrons. The zero-order valence-corrected chi connectivity index (χ0v) is 17.3. The third-order valence-electron chi connectivity index (χ3n) is 6.88. The first-order valence-corrected chi connectivity index (χ1v) is 10.4. The van der Waals surface area contributed by atoms with E-state index in [1.807, 2.05) is 0 Å². The van der Waals surface area contributed by atoms with Gasteiger partial charge in [-0.3, -0.25) is 14.4 Å². The van der Waals surface area contributed by atoms with Crippen molar-refractivity contribution in [1.82, 2.24) is 9.88 Å². The van der Waals surface area contributed by atoms with Crippen LogP contribution in [0.1, 0.15) is 57.8 Å². The molecule has 164 valence electrons. The summed E-state index contributed by atoms with van der Waals surface area (Å²) in [5.41, 5.74) is 0.725. The van der Waals surface area contributed by atoms with E-state index in [-0.39, 0.29) is 22.4 Å². The lowest BCUT2D eigenvalue weighted by Gasteiger charge is -2.66. The molecule has 6 rings (SSSR count). The number of anilines is 1. The number of Topliss-reactive ketones (excluding diaryl/α,β-unsaturated/α-hetero) is 1. The topological polar surface area (TPSA) is 104 Å². The Bertz CT molecular complexity index is 1240. The monoisotopic (exact) mass is 438 g/mol. The summed E-state index contributed by atoms with van der Waals surface area (Å²) in [5, 5.41) is 14.5. The standard InChI is InChI=1S/C23H20F2N4O3/c1-12-17(19(30)21(32)28-23-8-22(9-23,10-23)11-26)16-3-2-6-29(16)18(12)20(31)27-13-4-5-14(24)15(25)7-13/h4-5,7H,2-3,6,8-10H2,1H3,(H,27,31)(H,28,32). The van der Waals surface area contributed by atoms with Crippen LogP contribution >= 0.6 is 0 Å². The van der Waals surface area contributed by atoms with Gasteiger partial charge in [0.15, 0.2) is 11.6 Å². The maximum atomic E-state index is 13.5. The number of benzene rings is 1. The summed E-state index contributed by atoms with van der Waals surface area (Å²) in [6, 6.07) is 5.31. The van der Waals surface area contributed by atoms with E-state index in [0.29, 0.717) is 43.5 Å². The number of rotatable bonds is 5. The van der Waals surface area contributed by atoms with E-state index in [0.717, 1.165) is 18.6 Å². The predicted molar refractivity (Wildman–Crippen MR) is 109 cm³/mol. The Hall–Kier alpha value is -3.54. The van der Waals surface area contributed by atoms with Gasteiger partial charge in [0.05, 0.1) is 17.0 Å². The number of amides is 2. The molecule has 0 atom stereocenters. The molecule has 7 nitrogen and oxygen atoms in total. The summed E-state index contributed by atoms with van der Waals surface area (Å²) in [5.74, 6) is -4.10. The van der Waals surface area contributed by atoms with Crippen molar-refractivity contribution in [1.29, 1.82) is 5.26 Å². The third kappa shape index (κ3) is 2.86. The molecule has 2 N–H and O–H groups in total. The Kier molecular flexibility index (Phi) is 4.28. The van der Waals surface area contributed by atoms with Crippen LogP contribution in [0.4, 0.5) is 14.5 Å². The average Bonchev–Trinajstić information content (AvgIpc) is 3.25. The van der Waals surface area contributed by atoms with Gasteiger partial charge in [-0.25, -0.2) is 8.78 Å². The molecule has 1 aliphatic heterocycles. The largest absolute Gasteiger partial charge is 0.344 e.